The van der Waals surface area contributed by atoms with E-state index in [0.29, 0.717) is 18.4 Å². The van der Waals surface area contributed by atoms with Gasteiger partial charge in [-0.3, -0.25) is 24.2 Å². The molecule has 54 heavy (non-hydrogen) atoms. The molecule has 296 valence electrons. The van der Waals surface area contributed by atoms with Crippen molar-refractivity contribution in [3.05, 3.63) is 65.8 Å². The molecule has 7 N–H and O–H groups in total. The molecule has 0 aromatic heterocycles. The zero-order valence-corrected chi connectivity index (χ0v) is 31.4. The number of aliphatic carboxylic acids is 1. The van der Waals surface area contributed by atoms with E-state index in [9.17, 15) is 49.2 Å². The first kappa shape index (κ1) is 43.5. The molecule has 1 aromatic carbocycles. The number of carbonyl (C=O) groups is 6. The first-order valence-electron chi connectivity index (χ1n) is 18.2. The third-order valence-corrected chi connectivity index (χ3v) is 9.61. The maximum Gasteiger partial charge on any atom is 0.328 e. The highest BCUT2D eigenvalue weighted by Crippen LogP contribution is 2.24. The van der Waals surface area contributed by atoms with Gasteiger partial charge in [-0.15, -0.1) is 0 Å². The Balaban J connectivity index is 2.08. The molecule has 2 aliphatic heterocycles. The van der Waals surface area contributed by atoms with Gasteiger partial charge >= 0.3 is 11.9 Å². The molecule has 1 aromatic rings. The zero-order valence-electron chi connectivity index (χ0n) is 31.4. The number of nitrogens with zero attached hydrogens (tertiary/aromatic N) is 1. The highest BCUT2D eigenvalue weighted by molar-refractivity contribution is 5.93. The Kier molecular flexibility index (Phi) is 16.6. The summed E-state index contributed by atoms with van der Waals surface area (Å²) in [6.45, 7) is 7.95. The Bertz CT molecular complexity index is 1610. The van der Waals surface area contributed by atoms with Crippen LogP contribution in [0.2, 0.25) is 0 Å². The zero-order chi connectivity index (χ0) is 40.1. The topological polar surface area (TPSA) is 232 Å². The van der Waals surface area contributed by atoms with E-state index < -0.39 is 83.9 Å². The number of hydrazine groups is 1. The van der Waals surface area contributed by atoms with Gasteiger partial charge in [0.05, 0.1) is 18.1 Å². The molecule has 8 unspecified atom stereocenters. The van der Waals surface area contributed by atoms with Gasteiger partial charge in [0, 0.05) is 37.8 Å². The summed E-state index contributed by atoms with van der Waals surface area (Å²) in [4.78, 5) is 78.8. The van der Waals surface area contributed by atoms with E-state index in [2.05, 4.69) is 16.1 Å². The fourth-order valence-corrected chi connectivity index (χ4v) is 6.33. The van der Waals surface area contributed by atoms with Gasteiger partial charge in [-0.1, -0.05) is 57.2 Å². The number of phenols is 1. The van der Waals surface area contributed by atoms with Gasteiger partial charge in [-0.2, -0.15) is 0 Å². The highest BCUT2D eigenvalue weighted by atomic mass is 16.5. The van der Waals surface area contributed by atoms with Crippen molar-refractivity contribution >= 4 is 35.4 Å². The number of aliphatic hydroxyl groups is 2. The molecule has 3 rings (SSSR count). The number of carbonyl (C=O) groups excluding carboxylic acids is 5. The third kappa shape index (κ3) is 12.9. The van der Waals surface area contributed by atoms with Crippen LogP contribution < -0.4 is 16.1 Å². The van der Waals surface area contributed by atoms with E-state index in [-0.39, 0.29) is 49.3 Å². The van der Waals surface area contributed by atoms with E-state index in [1.165, 1.54) is 50.1 Å². The van der Waals surface area contributed by atoms with E-state index in [0.717, 1.165) is 6.08 Å². The number of nitrogens with one attached hydrogen (secondary N) is 3. The highest BCUT2D eigenvalue weighted by Gasteiger charge is 2.38. The van der Waals surface area contributed by atoms with Crippen molar-refractivity contribution in [3.8, 4) is 5.75 Å². The number of aliphatic hydroxyl groups excluding tert-OH is 2. The van der Waals surface area contributed by atoms with Crippen LogP contribution in [0.25, 0.3) is 0 Å². The summed E-state index contributed by atoms with van der Waals surface area (Å²) in [6, 6.07) is 2.74. The van der Waals surface area contributed by atoms with Gasteiger partial charge in [-0.25, -0.2) is 10.2 Å². The third-order valence-electron chi connectivity index (χ3n) is 9.61. The number of aromatic hydroxyl groups is 1. The Labute approximate surface area is 315 Å². The Morgan fingerprint density at radius 1 is 1.06 bits per heavy atom. The first-order valence-corrected chi connectivity index (χ1v) is 18.2. The molecule has 8 atom stereocenters. The quantitative estimate of drug-likeness (QED) is 0.149. The lowest BCUT2D eigenvalue weighted by atomic mass is 9.84. The monoisotopic (exact) mass is 754 g/mol. The van der Waals surface area contributed by atoms with Crippen LogP contribution >= 0.6 is 0 Å². The van der Waals surface area contributed by atoms with Gasteiger partial charge < -0.3 is 40.6 Å². The maximum atomic E-state index is 14.2. The van der Waals surface area contributed by atoms with Crippen molar-refractivity contribution in [1.82, 2.24) is 21.1 Å². The average Bonchev–Trinajstić information content (AvgIpc) is 3.11. The summed E-state index contributed by atoms with van der Waals surface area (Å²) in [5, 5.41) is 48.5. The van der Waals surface area contributed by atoms with Crippen molar-refractivity contribution in [2.45, 2.75) is 110 Å². The minimum absolute atomic E-state index is 0.0408. The number of ether oxygens (including phenoxy) is 1. The molecule has 2 heterocycles. The number of rotatable bonds is 8. The molecule has 1 fully saturated rings. The number of benzene rings is 1. The number of amides is 3. The van der Waals surface area contributed by atoms with E-state index in [1.54, 1.807) is 38.1 Å². The Morgan fingerprint density at radius 2 is 1.78 bits per heavy atom. The number of ketones is 1. The molecule has 1 saturated heterocycles. The van der Waals surface area contributed by atoms with Gasteiger partial charge in [0.15, 0.2) is 0 Å². The Hall–Kier alpha value is -4.86. The number of phenolic OH excluding ortho intramolecular Hbond substituents is 1. The molecular formula is C39H54N4O11. The Morgan fingerprint density at radius 3 is 2.43 bits per heavy atom. The molecule has 0 spiro atoms. The molecule has 3 amide bonds. The molecule has 15 nitrogen and oxygen atoms in total. The summed E-state index contributed by atoms with van der Waals surface area (Å²) in [5.74, 6) is -6.86. The smallest absolute Gasteiger partial charge is 0.328 e. The average molecular weight is 755 g/mol. The van der Waals surface area contributed by atoms with E-state index in [4.69, 9.17) is 4.74 Å². The van der Waals surface area contributed by atoms with Gasteiger partial charge in [0.25, 0.3) is 5.91 Å². The number of carboxylic acids is 1. The molecule has 0 aliphatic carbocycles. The van der Waals surface area contributed by atoms with Crippen LogP contribution in [0, 0.1) is 17.8 Å². The van der Waals surface area contributed by atoms with Crippen LogP contribution in [0.1, 0.15) is 72.3 Å². The van der Waals surface area contributed by atoms with Crippen molar-refractivity contribution in [2.24, 2.45) is 17.8 Å². The molecule has 2 bridgehead atoms. The van der Waals surface area contributed by atoms with Crippen molar-refractivity contribution in [3.63, 3.8) is 0 Å². The predicted molar refractivity (Wildman–Crippen MR) is 197 cm³/mol. The number of cyclic esters (lactones) is 1. The molecule has 0 radical (unpaired) electrons. The second kappa shape index (κ2) is 20.6. The minimum atomic E-state index is -1.44. The first-order chi connectivity index (χ1) is 25.5. The number of allylic oxidation sites excluding steroid dienone is 2. The van der Waals surface area contributed by atoms with Crippen LogP contribution in [0.3, 0.4) is 0 Å². The lowest BCUT2D eigenvalue weighted by Crippen LogP contribution is -2.62. The van der Waals surface area contributed by atoms with Gasteiger partial charge in [0.1, 0.15) is 35.8 Å². The summed E-state index contributed by atoms with van der Waals surface area (Å²) < 4.78 is 5.76. The predicted octanol–water partition coefficient (Wildman–Crippen LogP) is 1.86. The number of esters is 1. The van der Waals surface area contributed by atoms with E-state index in [1.807, 2.05) is 0 Å². The normalized spacial score (nSPS) is 28.4. The van der Waals surface area contributed by atoms with Crippen LogP contribution in [0.5, 0.6) is 5.75 Å². The number of carboxylic acid groups (broad SMARTS) is 1. The molecule has 2 aliphatic rings. The largest absolute Gasteiger partial charge is 0.508 e. The van der Waals surface area contributed by atoms with E-state index >= 15 is 0 Å². The van der Waals surface area contributed by atoms with Crippen molar-refractivity contribution < 1.29 is 53.9 Å². The summed E-state index contributed by atoms with van der Waals surface area (Å²) in [6.07, 6.45) is 3.92. The standard InChI is InChI=1S/C39H54N4O11/c1-22(2)34-37(51)40-30(21-26-11-9-12-27(45)20-26)38(52)43-18-10-13-29(42-43)39(53)54-32(23(3)19-33(47)48)15-8-6-7-14-31(46)25(5)35(49)28(36(50)41-34)17-16-24(4)44/h6-9,11-12,14,19-20,22,25,28-32,34-35,42,45-46,49H,10,13,15-18,21H2,1-5H3,(H,40,51)(H,41,50)(H,47,48). The number of hydrogen-bond donors (Lipinski definition) is 7. The molecular weight excluding hydrogens is 700 g/mol. The SMILES string of the molecule is CC(=O)CCC1C(=O)NC(C(C)C)C(=O)NC(Cc2cccc(O)c2)C(=O)N2CCCC(N2)C(=O)OC(C(C)=CC(=O)O)CC=CC=CC(O)C(C)C1O. The van der Waals surface area contributed by atoms with Crippen molar-refractivity contribution in [1.29, 1.82) is 0 Å². The van der Waals surface area contributed by atoms with Crippen molar-refractivity contribution in [2.75, 3.05) is 6.54 Å². The van der Waals surface area contributed by atoms with Crippen LogP contribution in [-0.2, 0) is 39.9 Å². The maximum absolute atomic E-state index is 14.2. The number of hydrogen-bond acceptors (Lipinski definition) is 11. The fourth-order valence-electron chi connectivity index (χ4n) is 6.33. The number of Topliss-reactive ketones (excluding diaryl/α,β-unsaturated/α-hetero) is 1. The molecule has 15 heteroatoms. The molecule has 0 saturated carbocycles. The van der Waals surface area contributed by atoms with Crippen LogP contribution in [0.15, 0.2) is 60.2 Å². The lowest BCUT2D eigenvalue weighted by molar-refractivity contribution is -0.156. The fraction of sp³-hybridized carbons (Fsp3) is 0.538. The van der Waals surface area contributed by atoms with Gasteiger partial charge in [-0.05, 0) is 62.3 Å². The number of fused-ring (bicyclic) bond motifs is 2. The summed E-state index contributed by atoms with van der Waals surface area (Å²) in [7, 11) is 0. The lowest BCUT2D eigenvalue weighted by Gasteiger charge is -2.36. The summed E-state index contributed by atoms with van der Waals surface area (Å²) in [5.41, 5.74) is 3.67. The summed E-state index contributed by atoms with van der Waals surface area (Å²) >= 11 is 0. The van der Waals surface area contributed by atoms with Crippen LogP contribution in [0.4, 0.5) is 0 Å². The second-order valence-electron chi connectivity index (χ2n) is 14.4. The van der Waals surface area contributed by atoms with Crippen LogP contribution in [-0.4, -0.2) is 104 Å². The second-order valence-corrected chi connectivity index (χ2v) is 14.4. The minimum Gasteiger partial charge on any atom is -0.508 e. The van der Waals surface area contributed by atoms with Gasteiger partial charge in [0.2, 0.25) is 11.8 Å².